The largest absolute Gasteiger partial charge is 0.497 e. The number of amides is 2. The zero-order chi connectivity index (χ0) is 27.2. The lowest BCUT2D eigenvalue weighted by Crippen LogP contribution is -2.39. The van der Waals surface area contributed by atoms with E-state index in [1.165, 1.54) is 4.90 Å². The minimum Gasteiger partial charge on any atom is -0.497 e. The third-order valence-electron chi connectivity index (χ3n) is 6.23. The summed E-state index contributed by atoms with van der Waals surface area (Å²) in [6.07, 6.45) is 0.488. The van der Waals surface area contributed by atoms with Gasteiger partial charge in [0, 0.05) is 17.3 Å². The second-order valence-electron chi connectivity index (χ2n) is 8.57. The molecule has 1 saturated heterocycles. The van der Waals surface area contributed by atoms with Crippen LogP contribution in [0, 0.1) is 0 Å². The molecule has 4 rings (SSSR count). The Balaban J connectivity index is 1.56. The highest BCUT2D eigenvalue weighted by Gasteiger charge is 2.44. The van der Waals surface area contributed by atoms with E-state index in [2.05, 4.69) is 5.32 Å². The lowest BCUT2D eigenvalue weighted by Gasteiger charge is -2.24. The van der Waals surface area contributed by atoms with Gasteiger partial charge in [-0.05, 0) is 78.8 Å². The number of benzene rings is 3. The number of thiocarbonyl (C=S) groups is 1. The highest BCUT2D eigenvalue weighted by atomic mass is 35.5. The van der Waals surface area contributed by atoms with Gasteiger partial charge in [0.05, 0.1) is 33.4 Å². The zero-order valence-electron chi connectivity index (χ0n) is 21.3. The number of carbonyl (C=O) groups excluding carboxylic acids is 2. The fourth-order valence-electron chi connectivity index (χ4n) is 4.29. The molecule has 0 aliphatic carbocycles. The van der Waals surface area contributed by atoms with Crippen LogP contribution >= 0.6 is 23.8 Å². The van der Waals surface area contributed by atoms with Crippen molar-refractivity contribution >= 4 is 52.1 Å². The molecule has 0 bridgehead atoms. The molecule has 3 aromatic carbocycles. The first-order chi connectivity index (χ1) is 18.3. The van der Waals surface area contributed by atoms with Crippen molar-refractivity contribution < 1.29 is 23.8 Å². The number of ether oxygens (including phenoxy) is 3. The van der Waals surface area contributed by atoms with Crippen LogP contribution in [0.5, 0.6) is 17.2 Å². The lowest BCUT2D eigenvalue weighted by molar-refractivity contribution is -0.124. The molecule has 0 saturated carbocycles. The normalized spacial score (nSPS) is 15.0. The first-order valence-corrected chi connectivity index (χ1v) is 12.7. The molecule has 1 fully saturated rings. The molecule has 8 nitrogen and oxygen atoms in total. The molecule has 1 atom stereocenters. The van der Waals surface area contributed by atoms with Crippen molar-refractivity contribution in [2.24, 2.45) is 0 Å². The highest BCUT2D eigenvalue weighted by Crippen LogP contribution is 2.31. The van der Waals surface area contributed by atoms with Crippen LogP contribution in [-0.4, -0.2) is 55.7 Å². The quantitative estimate of drug-likeness (QED) is 0.356. The number of hydrogen-bond acceptors (Lipinski definition) is 6. The fourth-order valence-corrected chi connectivity index (χ4v) is 4.89. The molecule has 1 unspecified atom stereocenters. The van der Waals surface area contributed by atoms with E-state index in [4.69, 9.17) is 38.0 Å². The molecule has 1 aliphatic heterocycles. The van der Waals surface area contributed by atoms with E-state index in [9.17, 15) is 9.59 Å². The second kappa shape index (κ2) is 12.1. The molecule has 10 heteroatoms. The average Bonchev–Trinajstić information content (AvgIpc) is 3.15. The second-order valence-corrected chi connectivity index (χ2v) is 9.37. The van der Waals surface area contributed by atoms with Gasteiger partial charge in [0.25, 0.3) is 5.91 Å². The number of methoxy groups -OCH3 is 3. The van der Waals surface area contributed by atoms with Gasteiger partial charge in [-0.25, -0.2) is 0 Å². The van der Waals surface area contributed by atoms with Crippen LogP contribution in [-0.2, 0) is 16.0 Å². The van der Waals surface area contributed by atoms with Crippen LogP contribution in [0.2, 0.25) is 5.02 Å². The van der Waals surface area contributed by atoms with Crippen molar-refractivity contribution in [2.75, 3.05) is 38.1 Å². The zero-order valence-corrected chi connectivity index (χ0v) is 22.8. The number of anilines is 2. The van der Waals surface area contributed by atoms with Gasteiger partial charge in [0.1, 0.15) is 11.8 Å². The number of nitrogens with zero attached hydrogens (tertiary/aromatic N) is 2. The smallest absolute Gasteiger partial charge is 0.256 e. The predicted octanol–water partition coefficient (Wildman–Crippen LogP) is 4.94. The van der Waals surface area contributed by atoms with Crippen molar-refractivity contribution in [2.45, 2.75) is 18.9 Å². The molecule has 0 radical (unpaired) electrons. The molecule has 38 heavy (non-hydrogen) atoms. The summed E-state index contributed by atoms with van der Waals surface area (Å²) in [6, 6.07) is 18.8. The predicted molar refractivity (Wildman–Crippen MR) is 152 cm³/mol. The van der Waals surface area contributed by atoms with E-state index >= 15 is 0 Å². The van der Waals surface area contributed by atoms with Gasteiger partial charge in [-0.15, -0.1) is 0 Å². The van der Waals surface area contributed by atoms with Gasteiger partial charge < -0.3 is 24.4 Å². The van der Waals surface area contributed by atoms with Crippen molar-refractivity contribution in [1.82, 2.24) is 4.90 Å². The fraction of sp³-hybridized carbons (Fsp3) is 0.250. The van der Waals surface area contributed by atoms with Gasteiger partial charge in [0.2, 0.25) is 5.91 Å². The topological polar surface area (TPSA) is 80.3 Å². The van der Waals surface area contributed by atoms with Crippen molar-refractivity contribution in [1.29, 1.82) is 0 Å². The SMILES string of the molecule is COc1ccc(NC(=O)CC2C(=O)N(c3cccc(Cl)c3)C(=S)N2CCc2ccc(OC)c(OC)c2)cc1. The first-order valence-electron chi connectivity index (χ1n) is 11.9. The maximum atomic E-state index is 13.6. The van der Waals surface area contributed by atoms with Crippen LogP contribution in [0.1, 0.15) is 12.0 Å². The Labute approximate surface area is 232 Å². The lowest BCUT2D eigenvalue weighted by atomic mass is 10.1. The van der Waals surface area contributed by atoms with Crippen molar-refractivity contribution in [3.63, 3.8) is 0 Å². The van der Waals surface area contributed by atoms with E-state index in [1.54, 1.807) is 74.8 Å². The number of rotatable bonds is 10. The summed E-state index contributed by atoms with van der Waals surface area (Å²) in [5, 5.41) is 3.66. The molecular weight excluding hydrogens is 526 g/mol. The Hall–Kier alpha value is -3.82. The van der Waals surface area contributed by atoms with Crippen molar-refractivity contribution in [3.8, 4) is 17.2 Å². The monoisotopic (exact) mass is 553 g/mol. The minimum atomic E-state index is -0.778. The van der Waals surface area contributed by atoms with E-state index in [0.717, 1.165) is 5.56 Å². The van der Waals surface area contributed by atoms with Crippen LogP contribution < -0.4 is 24.4 Å². The standard InChI is InChI=1S/C28H28ClN3O5S/c1-35-22-10-8-20(9-11-22)30-26(33)17-23-27(34)32(21-6-4-5-19(29)16-21)28(38)31(23)14-13-18-7-12-24(36-2)25(15-18)37-3/h4-12,15-16,23H,13-14,17H2,1-3H3,(H,30,33). The number of nitrogens with one attached hydrogen (secondary N) is 1. The Morgan fingerprint density at radius 2 is 1.71 bits per heavy atom. The minimum absolute atomic E-state index is 0.0754. The van der Waals surface area contributed by atoms with Crippen LogP contribution in [0.3, 0.4) is 0 Å². The van der Waals surface area contributed by atoms with E-state index in [-0.39, 0.29) is 18.2 Å². The molecule has 1 N–H and O–H groups in total. The third-order valence-corrected chi connectivity index (χ3v) is 6.88. The Morgan fingerprint density at radius 3 is 2.37 bits per heavy atom. The van der Waals surface area contributed by atoms with Crippen LogP contribution in [0.25, 0.3) is 0 Å². The highest BCUT2D eigenvalue weighted by molar-refractivity contribution is 7.80. The Kier molecular flexibility index (Phi) is 8.70. The van der Waals surface area contributed by atoms with Crippen molar-refractivity contribution in [3.05, 3.63) is 77.3 Å². The van der Waals surface area contributed by atoms with Crippen LogP contribution in [0.4, 0.5) is 11.4 Å². The molecular formula is C28H28ClN3O5S. The molecule has 1 heterocycles. The third kappa shape index (κ3) is 6.00. The summed E-state index contributed by atoms with van der Waals surface area (Å²) < 4.78 is 15.9. The van der Waals surface area contributed by atoms with E-state index < -0.39 is 6.04 Å². The summed E-state index contributed by atoms with van der Waals surface area (Å²) in [4.78, 5) is 29.9. The summed E-state index contributed by atoms with van der Waals surface area (Å²) in [5.41, 5.74) is 2.13. The number of halogens is 1. The molecule has 198 valence electrons. The maximum absolute atomic E-state index is 13.6. The average molecular weight is 554 g/mol. The van der Waals surface area contributed by atoms with Gasteiger partial charge in [-0.1, -0.05) is 23.7 Å². The van der Waals surface area contributed by atoms with Gasteiger partial charge >= 0.3 is 0 Å². The summed E-state index contributed by atoms with van der Waals surface area (Å²) in [6.45, 7) is 0.414. The molecule has 2 amide bonds. The maximum Gasteiger partial charge on any atom is 0.256 e. The summed E-state index contributed by atoms with van der Waals surface area (Å²) in [7, 11) is 4.73. The molecule has 0 aromatic heterocycles. The first kappa shape index (κ1) is 27.2. The van der Waals surface area contributed by atoms with E-state index in [0.29, 0.717) is 51.7 Å². The Morgan fingerprint density at radius 1 is 0.974 bits per heavy atom. The number of hydrogen-bond donors (Lipinski definition) is 1. The Bertz CT molecular complexity index is 1330. The summed E-state index contributed by atoms with van der Waals surface area (Å²) in [5.74, 6) is 1.33. The van der Waals surface area contributed by atoms with Gasteiger partial charge in [-0.2, -0.15) is 0 Å². The molecule has 0 spiro atoms. The molecule has 3 aromatic rings. The van der Waals surface area contributed by atoms with Crippen LogP contribution in [0.15, 0.2) is 66.7 Å². The number of carbonyl (C=O) groups is 2. The summed E-state index contributed by atoms with van der Waals surface area (Å²) >= 11 is 11.9. The molecule has 1 aliphatic rings. The van der Waals surface area contributed by atoms with E-state index in [1.807, 2.05) is 18.2 Å². The van der Waals surface area contributed by atoms with Gasteiger partial charge in [0.15, 0.2) is 16.6 Å². The van der Waals surface area contributed by atoms with Gasteiger partial charge in [-0.3, -0.25) is 14.5 Å².